The van der Waals surface area contributed by atoms with Gasteiger partial charge in [-0.3, -0.25) is 4.79 Å². The molecule has 0 saturated heterocycles. The molecule has 0 N–H and O–H groups in total. The minimum absolute atomic E-state index is 0.101. The average Bonchev–Trinajstić information content (AvgIpc) is 2.64. The van der Waals surface area contributed by atoms with Crippen LogP contribution in [0.2, 0.25) is 0 Å². The molecule has 0 radical (unpaired) electrons. The molecule has 1 aromatic heterocycles. The fourth-order valence-corrected chi connectivity index (χ4v) is 3.21. The Hall–Kier alpha value is -0.930. The van der Waals surface area contributed by atoms with E-state index in [1.165, 1.54) is 11.3 Å². The molecule has 0 aliphatic rings. The highest BCUT2D eigenvalue weighted by atomic mass is 79.9. The lowest BCUT2D eigenvalue weighted by Gasteiger charge is -2.07. The molecular formula is C13H11BrOS. The van der Waals surface area contributed by atoms with E-state index >= 15 is 0 Å². The highest BCUT2D eigenvalue weighted by Crippen LogP contribution is 2.26. The minimum atomic E-state index is 0.101. The van der Waals surface area contributed by atoms with Gasteiger partial charge in [0, 0.05) is 26.4 Å². The Morgan fingerprint density at radius 2 is 1.81 bits per heavy atom. The summed E-state index contributed by atoms with van der Waals surface area (Å²) in [5.41, 5.74) is 3.63. The number of benzene rings is 1. The van der Waals surface area contributed by atoms with Crippen molar-refractivity contribution in [2.24, 2.45) is 0 Å². The number of hydrogen-bond acceptors (Lipinski definition) is 2. The van der Waals surface area contributed by atoms with Crippen molar-refractivity contribution in [1.29, 1.82) is 0 Å². The SMILES string of the molecule is Cc1cccc(C)c1C(=O)c1cscc1Br. The molecule has 0 unspecified atom stereocenters. The maximum atomic E-state index is 12.3. The van der Waals surface area contributed by atoms with Crippen LogP contribution in [-0.4, -0.2) is 5.78 Å². The Bertz CT molecular complexity index is 522. The highest BCUT2D eigenvalue weighted by molar-refractivity contribution is 9.10. The summed E-state index contributed by atoms with van der Waals surface area (Å²) in [7, 11) is 0. The van der Waals surface area contributed by atoms with E-state index in [0.717, 1.165) is 26.7 Å². The molecule has 0 spiro atoms. The number of ketones is 1. The number of carbonyl (C=O) groups is 1. The van der Waals surface area contributed by atoms with Gasteiger partial charge in [0.1, 0.15) is 0 Å². The summed E-state index contributed by atoms with van der Waals surface area (Å²) in [4.78, 5) is 12.3. The second-order valence-corrected chi connectivity index (χ2v) is 5.33. The van der Waals surface area contributed by atoms with Crippen molar-refractivity contribution in [3.8, 4) is 0 Å². The highest BCUT2D eigenvalue weighted by Gasteiger charge is 2.17. The lowest BCUT2D eigenvalue weighted by atomic mass is 9.96. The van der Waals surface area contributed by atoms with E-state index in [0.29, 0.717) is 0 Å². The van der Waals surface area contributed by atoms with Gasteiger partial charge in [-0.1, -0.05) is 18.2 Å². The standard InChI is InChI=1S/C13H11BrOS/c1-8-4-3-5-9(2)12(8)13(15)10-6-16-7-11(10)14/h3-7H,1-2H3. The first-order chi connectivity index (χ1) is 7.61. The Morgan fingerprint density at radius 1 is 1.19 bits per heavy atom. The van der Waals surface area contributed by atoms with E-state index in [9.17, 15) is 4.79 Å². The topological polar surface area (TPSA) is 17.1 Å². The predicted molar refractivity (Wildman–Crippen MR) is 71.4 cm³/mol. The van der Waals surface area contributed by atoms with Gasteiger partial charge >= 0.3 is 0 Å². The summed E-state index contributed by atoms with van der Waals surface area (Å²) in [5, 5.41) is 3.82. The van der Waals surface area contributed by atoms with Gasteiger partial charge in [-0.25, -0.2) is 0 Å². The maximum Gasteiger partial charge on any atom is 0.195 e. The van der Waals surface area contributed by atoms with Crippen molar-refractivity contribution in [1.82, 2.24) is 0 Å². The quantitative estimate of drug-likeness (QED) is 0.752. The molecule has 1 heterocycles. The lowest BCUT2D eigenvalue weighted by Crippen LogP contribution is -2.05. The van der Waals surface area contributed by atoms with Crippen molar-refractivity contribution in [2.45, 2.75) is 13.8 Å². The van der Waals surface area contributed by atoms with Gasteiger partial charge in [0.15, 0.2) is 5.78 Å². The molecule has 1 aromatic carbocycles. The molecule has 3 heteroatoms. The molecule has 2 rings (SSSR count). The molecule has 0 bridgehead atoms. The van der Waals surface area contributed by atoms with E-state index in [2.05, 4.69) is 15.9 Å². The van der Waals surface area contributed by atoms with Crippen LogP contribution in [-0.2, 0) is 0 Å². The van der Waals surface area contributed by atoms with Gasteiger partial charge < -0.3 is 0 Å². The van der Waals surface area contributed by atoms with Crippen LogP contribution in [0.15, 0.2) is 33.4 Å². The van der Waals surface area contributed by atoms with E-state index in [4.69, 9.17) is 0 Å². The summed E-state index contributed by atoms with van der Waals surface area (Å²) >= 11 is 4.94. The van der Waals surface area contributed by atoms with Gasteiger partial charge in [0.05, 0.1) is 0 Å². The van der Waals surface area contributed by atoms with Gasteiger partial charge in [-0.15, -0.1) is 0 Å². The van der Waals surface area contributed by atoms with Crippen LogP contribution in [0.1, 0.15) is 27.0 Å². The Morgan fingerprint density at radius 3 is 2.31 bits per heavy atom. The zero-order valence-electron chi connectivity index (χ0n) is 9.08. The summed E-state index contributed by atoms with van der Waals surface area (Å²) in [6.45, 7) is 3.95. The number of hydrogen-bond donors (Lipinski definition) is 0. The summed E-state index contributed by atoms with van der Waals surface area (Å²) in [6, 6.07) is 5.92. The van der Waals surface area contributed by atoms with Crippen LogP contribution in [0.4, 0.5) is 0 Å². The summed E-state index contributed by atoms with van der Waals surface area (Å²) in [6.07, 6.45) is 0. The molecule has 0 atom stereocenters. The van der Waals surface area contributed by atoms with Gasteiger partial charge in [-0.05, 0) is 40.9 Å². The number of aryl methyl sites for hydroxylation is 2. The maximum absolute atomic E-state index is 12.3. The minimum Gasteiger partial charge on any atom is -0.289 e. The first-order valence-corrected chi connectivity index (χ1v) is 6.67. The van der Waals surface area contributed by atoms with Crippen molar-refractivity contribution in [3.05, 3.63) is 55.7 Å². The first-order valence-electron chi connectivity index (χ1n) is 4.94. The lowest BCUT2D eigenvalue weighted by molar-refractivity contribution is 0.103. The number of thiophene rings is 1. The molecular weight excluding hydrogens is 284 g/mol. The molecule has 2 aromatic rings. The molecule has 0 saturated carbocycles. The summed E-state index contributed by atoms with van der Waals surface area (Å²) in [5.74, 6) is 0.101. The zero-order valence-corrected chi connectivity index (χ0v) is 11.5. The van der Waals surface area contributed by atoms with E-state index in [-0.39, 0.29) is 5.78 Å². The number of halogens is 1. The normalized spacial score (nSPS) is 10.4. The second-order valence-electron chi connectivity index (χ2n) is 3.73. The number of carbonyl (C=O) groups excluding carboxylic acids is 1. The molecule has 16 heavy (non-hydrogen) atoms. The van der Waals surface area contributed by atoms with Crippen LogP contribution >= 0.6 is 27.3 Å². The summed E-state index contributed by atoms with van der Waals surface area (Å²) < 4.78 is 0.880. The van der Waals surface area contributed by atoms with Gasteiger partial charge in [-0.2, -0.15) is 11.3 Å². The molecule has 0 amide bonds. The zero-order chi connectivity index (χ0) is 11.7. The Balaban J connectivity index is 2.54. The molecule has 0 aliphatic carbocycles. The predicted octanol–water partition coefficient (Wildman–Crippen LogP) is 4.36. The molecule has 0 aliphatic heterocycles. The van der Waals surface area contributed by atoms with Gasteiger partial charge in [0.2, 0.25) is 0 Å². The van der Waals surface area contributed by atoms with Crippen molar-refractivity contribution < 1.29 is 4.79 Å². The van der Waals surface area contributed by atoms with Crippen molar-refractivity contribution in [2.75, 3.05) is 0 Å². The molecule has 1 nitrogen and oxygen atoms in total. The van der Waals surface area contributed by atoms with E-state index < -0.39 is 0 Å². The van der Waals surface area contributed by atoms with Crippen molar-refractivity contribution >= 4 is 33.0 Å². The van der Waals surface area contributed by atoms with Crippen LogP contribution in [0, 0.1) is 13.8 Å². The van der Waals surface area contributed by atoms with Crippen LogP contribution < -0.4 is 0 Å². The van der Waals surface area contributed by atoms with Crippen LogP contribution in [0.5, 0.6) is 0 Å². The largest absolute Gasteiger partial charge is 0.289 e. The Labute approximate surface area is 107 Å². The smallest absolute Gasteiger partial charge is 0.195 e. The monoisotopic (exact) mass is 294 g/mol. The van der Waals surface area contributed by atoms with E-state index in [1.807, 2.05) is 42.8 Å². The van der Waals surface area contributed by atoms with Crippen LogP contribution in [0.3, 0.4) is 0 Å². The second kappa shape index (κ2) is 4.52. The number of rotatable bonds is 2. The van der Waals surface area contributed by atoms with Crippen LogP contribution in [0.25, 0.3) is 0 Å². The fraction of sp³-hybridized carbons (Fsp3) is 0.154. The third-order valence-electron chi connectivity index (χ3n) is 2.57. The first kappa shape index (κ1) is 11.6. The van der Waals surface area contributed by atoms with Gasteiger partial charge in [0.25, 0.3) is 0 Å². The molecule has 0 fully saturated rings. The third-order valence-corrected chi connectivity index (χ3v) is 4.27. The average molecular weight is 295 g/mol. The Kier molecular flexibility index (Phi) is 3.26. The van der Waals surface area contributed by atoms with E-state index in [1.54, 1.807) is 0 Å². The third kappa shape index (κ3) is 1.97. The van der Waals surface area contributed by atoms with Crippen molar-refractivity contribution in [3.63, 3.8) is 0 Å². The fourth-order valence-electron chi connectivity index (χ4n) is 1.75. The molecule has 82 valence electrons.